The molecule has 2 aromatic rings. The minimum Gasteiger partial charge on any atom is -0.236 e. The SMILES string of the molecule is N#Cc1nn(-c2c(Cl)cc(S(F)(F)(F)(F)F)cc2Cl)cc1C1CC1(Br)Br. The molecule has 13 heteroatoms. The Kier molecular flexibility index (Phi) is 4.11. The van der Waals surface area contributed by atoms with Crippen molar-refractivity contribution in [2.75, 3.05) is 0 Å². The van der Waals surface area contributed by atoms with Crippen LogP contribution in [0.2, 0.25) is 10.0 Å². The van der Waals surface area contributed by atoms with Gasteiger partial charge in [0.05, 0.1) is 13.3 Å². The van der Waals surface area contributed by atoms with Gasteiger partial charge in [-0.15, -0.1) is 0 Å². The molecule has 1 atom stereocenters. The first kappa shape index (κ1) is 20.2. The third-order valence-electron chi connectivity index (χ3n) is 3.71. The molecule has 1 aliphatic carbocycles. The number of halogens is 9. The third kappa shape index (κ3) is 3.71. The van der Waals surface area contributed by atoms with Crippen LogP contribution in [0.15, 0.2) is 23.2 Å². The topological polar surface area (TPSA) is 41.6 Å². The van der Waals surface area contributed by atoms with Gasteiger partial charge in [-0.05, 0) is 18.6 Å². The molecule has 0 bridgehead atoms. The van der Waals surface area contributed by atoms with E-state index in [2.05, 4.69) is 37.0 Å². The molecule has 1 saturated carbocycles. The standard InChI is InChI=1S/C13H6Br2Cl2F5N3S/c14-13(15)3-8(13)7-5-25(24-11(7)4-23)12-9(16)1-6(2-10(12)17)26(18,19,20,21)22/h1-2,5,8H,3H2. The van der Waals surface area contributed by atoms with Gasteiger partial charge in [0.1, 0.15) is 16.7 Å². The molecule has 0 amide bonds. The van der Waals surface area contributed by atoms with Crippen LogP contribution in [0.5, 0.6) is 0 Å². The van der Waals surface area contributed by atoms with E-state index in [1.807, 2.05) is 6.07 Å². The Morgan fingerprint density at radius 3 is 2.08 bits per heavy atom. The smallest absolute Gasteiger partial charge is 0.236 e. The maximum atomic E-state index is 13.0. The van der Waals surface area contributed by atoms with E-state index in [1.54, 1.807) is 0 Å². The second-order valence-corrected chi connectivity index (χ2v) is 12.8. The second-order valence-electron chi connectivity index (χ2n) is 5.71. The lowest BCUT2D eigenvalue weighted by Gasteiger charge is -2.40. The second kappa shape index (κ2) is 5.29. The van der Waals surface area contributed by atoms with Gasteiger partial charge in [0.2, 0.25) is 0 Å². The Morgan fingerprint density at radius 1 is 1.19 bits per heavy atom. The van der Waals surface area contributed by atoms with E-state index in [4.69, 9.17) is 23.2 Å². The van der Waals surface area contributed by atoms with Crippen LogP contribution in [-0.2, 0) is 0 Å². The predicted octanol–water partition coefficient (Wildman–Crippen LogP) is 7.68. The minimum absolute atomic E-state index is 0.0275. The summed E-state index contributed by atoms with van der Waals surface area (Å²) in [5, 5.41) is 11.8. The molecule has 142 valence electrons. The first-order chi connectivity index (χ1) is 11.5. The van der Waals surface area contributed by atoms with Crippen molar-refractivity contribution in [3.8, 4) is 11.8 Å². The van der Waals surface area contributed by atoms with Gasteiger partial charge in [0.25, 0.3) is 0 Å². The largest absolute Gasteiger partial charge is 0.310 e. The van der Waals surface area contributed by atoms with E-state index in [1.165, 1.54) is 6.20 Å². The zero-order valence-corrected chi connectivity index (χ0v) is 17.7. The van der Waals surface area contributed by atoms with Gasteiger partial charge in [-0.25, -0.2) is 4.68 Å². The Morgan fingerprint density at radius 2 is 1.69 bits per heavy atom. The quantitative estimate of drug-likeness (QED) is 0.285. The molecule has 0 saturated heterocycles. The van der Waals surface area contributed by atoms with Crippen molar-refractivity contribution in [2.45, 2.75) is 20.5 Å². The Bertz CT molecular complexity index is 962. The molecule has 0 N–H and O–H groups in total. The van der Waals surface area contributed by atoms with E-state index in [9.17, 15) is 24.7 Å². The maximum Gasteiger partial charge on any atom is 0.310 e. The van der Waals surface area contributed by atoms with Crippen LogP contribution in [0.4, 0.5) is 19.4 Å². The molecule has 3 nitrogen and oxygen atoms in total. The van der Waals surface area contributed by atoms with Crippen molar-refractivity contribution in [3.63, 3.8) is 0 Å². The summed E-state index contributed by atoms with van der Waals surface area (Å²) in [6.45, 7) is 0. The lowest BCUT2D eigenvalue weighted by molar-refractivity contribution is 0.364. The van der Waals surface area contributed by atoms with Crippen LogP contribution in [0.1, 0.15) is 23.6 Å². The van der Waals surface area contributed by atoms with E-state index in [-0.39, 0.29) is 29.4 Å². The molecule has 1 heterocycles. The van der Waals surface area contributed by atoms with Gasteiger partial charge in [0, 0.05) is 17.7 Å². The summed E-state index contributed by atoms with van der Waals surface area (Å²) >= 11 is 18.4. The summed E-state index contributed by atoms with van der Waals surface area (Å²) in [7, 11) is -9.94. The van der Waals surface area contributed by atoms with E-state index in [0.29, 0.717) is 12.0 Å². The summed E-state index contributed by atoms with van der Waals surface area (Å²) in [5.41, 5.74) is 0.321. The van der Waals surface area contributed by atoms with Crippen LogP contribution in [-0.4, -0.2) is 13.0 Å². The molecule has 1 unspecified atom stereocenters. The number of hydrogen-bond donors (Lipinski definition) is 0. The molecular formula is C13H6Br2Cl2F5N3S. The fourth-order valence-corrected chi connectivity index (χ4v) is 4.99. The molecule has 1 aromatic heterocycles. The van der Waals surface area contributed by atoms with Crippen LogP contribution >= 0.6 is 65.3 Å². The number of alkyl halides is 2. The van der Waals surface area contributed by atoms with Gasteiger partial charge in [-0.2, -0.15) is 10.4 Å². The molecule has 0 aliphatic heterocycles. The Balaban J connectivity index is 2.14. The van der Waals surface area contributed by atoms with Gasteiger partial charge in [0.15, 0.2) is 5.69 Å². The molecular weight excluding hydrogens is 556 g/mol. The average molecular weight is 562 g/mol. The van der Waals surface area contributed by atoms with Gasteiger partial charge in [-0.1, -0.05) is 74.5 Å². The summed E-state index contributed by atoms with van der Waals surface area (Å²) in [6.07, 6.45) is 2.04. The number of nitrogens with zero attached hydrogens (tertiary/aromatic N) is 3. The maximum absolute atomic E-state index is 13.0. The molecule has 0 spiro atoms. The fraction of sp³-hybridized carbons (Fsp3) is 0.231. The summed E-state index contributed by atoms with van der Waals surface area (Å²) in [5.74, 6) is -0.104. The summed E-state index contributed by atoms with van der Waals surface area (Å²) < 4.78 is 65.5. The first-order valence-electron chi connectivity index (χ1n) is 6.64. The van der Waals surface area contributed by atoms with Crippen LogP contribution in [0, 0.1) is 11.3 Å². The molecule has 26 heavy (non-hydrogen) atoms. The molecule has 1 fully saturated rings. The monoisotopic (exact) mass is 559 g/mol. The van der Waals surface area contributed by atoms with Crippen molar-refractivity contribution in [2.24, 2.45) is 0 Å². The number of aromatic nitrogens is 2. The number of benzene rings is 1. The lowest BCUT2D eigenvalue weighted by Crippen LogP contribution is -2.07. The number of hydrogen-bond acceptors (Lipinski definition) is 2. The highest BCUT2D eigenvalue weighted by molar-refractivity contribution is 9.25. The van der Waals surface area contributed by atoms with Crippen LogP contribution < -0.4 is 0 Å². The predicted molar refractivity (Wildman–Crippen MR) is 97.6 cm³/mol. The van der Waals surface area contributed by atoms with E-state index >= 15 is 0 Å². The zero-order valence-electron chi connectivity index (χ0n) is 12.2. The summed E-state index contributed by atoms with van der Waals surface area (Å²) in [6, 6.07) is 2.09. The Labute approximate surface area is 171 Å². The zero-order chi connectivity index (χ0) is 19.8. The molecule has 1 aliphatic rings. The third-order valence-corrected chi connectivity index (χ3v) is 7.17. The minimum atomic E-state index is -9.94. The van der Waals surface area contributed by atoms with Crippen molar-refractivity contribution < 1.29 is 19.4 Å². The highest BCUT2D eigenvalue weighted by atomic mass is 79.9. The lowest BCUT2D eigenvalue weighted by atomic mass is 10.2. The first-order valence-corrected chi connectivity index (χ1v) is 10.9. The van der Waals surface area contributed by atoms with Crippen molar-refractivity contribution in [1.29, 1.82) is 5.26 Å². The molecule has 1 aromatic carbocycles. The fourth-order valence-electron chi connectivity index (χ4n) is 2.38. The molecule has 3 rings (SSSR count). The van der Waals surface area contributed by atoms with E-state index in [0.717, 1.165) is 4.68 Å². The Hall–Kier alpha value is -0.540. The van der Waals surface area contributed by atoms with Crippen molar-refractivity contribution >= 4 is 65.3 Å². The van der Waals surface area contributed by atoms with Gasteiger partial charge in [-0.3, -0.25) is 0 Å². The van der Waals surface area contributed by atoms with Gasteiger partial charge >= 0.3 is 10.2 Å². The normalized spacial score (nSPS) is 21.6. The van der Waals surface area contributed by atoms with Crippen LogP contribution in [0.3, 0.4) is 0 Å². The molecule has 0 radical (unpaired) electrons. The van der Waals surface area contributed by atoms with Crippen molar-refractivity contribution in [3.05, 3.63) is 39.6 Å². The average Bonchev–Trinajstić information content (AvgIpc) is 2.89. The van der Waals surface area contributed by atoms with E-state index < -0.39 is 28.4 Å². The number of nitriles is 1. The highest BCUT2D eigenvalue weighted by Gasteiger charge is 2.65. The highest BCUT2D eigenvalue weighted by Crippen LogP contribution is 3.02. The van der Waals surface area contributed by atoms with Gasteiger partial charge < -0.3 is 0 Å². The van der Waals surface area contributed by atoms with Crippen LogP contribution in [0.25, 0.3) is 5.69 Å². The number of rotatable bonds is 3. The summed E-state index contributed by atoms with van der Waals surface area (Å²) in [4.78, 5) is -2.20. The van der Waals surface area contributed by atoms with Crippen molar-refractivity contribution in [1.82, 2.24) is 9.78 Å².